The Balaban J connectivity index is 1.44. The van der Waals surface area contributed by atoms with Crippen LogP contribution in [0, 0.1) is 0 Å². The molecule has 6 aromatic rings. The summed E-state index contributed by atoms with van der Waals surface area (Å²) in [5.74, 6) is 1.17. The summed E-state index contributed by atoms with van der Waals surface area (Å²) >= 11 is 1.69. The summed E-state index contributed by atoms with van der Waals surface area (Å²) in [4.78, 5) is 14.8. The molecule has 9 heteroatoms. The zero-order chi connectivity index (χ0) is 25.2. The highest BCUT2D eigenvalue weighted by molar-refractivity contribution is 7.13. The van der Waals surface area contributed by atoms with Gasteiger partial charge in [0.15, 0.2) is 0 Å². The third-order valence-electron chi connectivity index (χ3n) is 7.04. The van der Waals surface area contributed by atoms with Gasteiger partial charge in [0.05, 0.1) is 27.8 Å². The van der Waals surface area contributed by atoms with E-state index in [2.05, 4.69) is 27.5 Å². The molecule has 3 N–H and O–H groups in total. The van der Waals surface area contributed by atoms with Gasteiger partial charge in [0.2, 0.25) is 5.82 Å². The van der Waals surface area contributed by atoms with E-state index >= 15 is 0 Å². The van der Waals surface area contributed by atoms with E-state index in [1.54, 1.807) is 29.8 Å². The molecule has 8 nitrogen and oxygen atoms in total. The second kappa shape index (κ2) is 7.97. The van der Waals surface area contributed by atoms with Crippen LogP contribution in [0.2, 0.25) is 0 Å². The van der Waals surface area contributed by atoms with Crippen molar-refractivity contribution in [3.8, 4) is 27.8 Å². The molecule has 0 amide bonds. The highest BCUT2D eigenvalue weighted by atomic mass is 32.1. The number of hydrogen-bond donors (Lipinski definition) is 2. The maximum atomic E-state index is 10.2. The van der Waals surface area contributed by atoms with Crippen LogP contribution in [0.15, 0.2) is 84.8 Å². The van der Waals surface area contributed by atoms with Crippen molar-refractivity contribution < 1.29 is 9.51 Å². The number of benzene rings is 1. The van der Waals surface area contributed by atoms with Crippen molar-refractivity contribution in [2.45, 2.75) is 30.9 Å². The Bertz CT molecular complexity index is 1750. The summed E-state index contributed by atoms with van der Waals surface area (Å²) in [6.45, 7) is 1.83. The lowest BCUT2D eigenvalue weighted by Crippen LogP contribution is -2.58. The van der Waals surface area contributed by atoms with E-state index in [0.717, 1.165) is 38.2 Å². The number of thiophene rings is 1. The molecule has 7 rings (SSSR count). The van der Waals surface area contributed by atoms with Gasteiger partial charge in [0.25, 0.3) is 5.65 Å². The van der Waals surface area contributed by atoms with E-state index in [4.69, 9.17) is 15.8 Å². The van der Waals surface area contributed by atoms with Crippen molar-refractivity contribution in [1.29, 1.82) is 0 Å². The molecule has 0 unspecified atom stereocenters. The zero-order valence-electron chi connectivity index (χ0n) is 20.1. The average molecular weight is 507 g/mol. The maximum Gasteiger partial charge on any atom is 0.351 e. The van der Waals surface area contributed by atoms with E-state index in [0.29, 0.717) is 24.5 Å². The van der Waals surface area contributed by atoms with Gasteiger partial charge in [0, 0.05) is 34.6 Å². The molecule has 1 aliphatic rings. The number of pyridine rings is 2. The molecule has 0 radical (unpaired) electrons. The van der Waals surface area contributed by atoms with Crippen molar-refractivity contribution in [3.05, 3.63) is 90.3 Å². The van der Waals surface area contributed by atoms with Gasteiger partial charge in [-0.3, -0.25) is 4.98 Å². The zero-order valence-corrected chi connectivity index (χ0v) is 20.9. The summed E-state index contributed by atoms with van der Waals surface area (Å²) < 4.78 is 3.93. The molecule has 0 saturated heterocycles. The van der Waals surface area contributed by atoms with Crippen LogP contribution in [0.1, 0.15) is 25.3 Å². The summed E-state index contributed by atoms with van der Waals surface area (Å²) in [5, 5.41) is 18.3. The molecule has 1 aliphatic carbocycles. The molecule has 5 aromatic heterocycles. The van der Waals surface area contributed by atoms with Crippen molar-refractivity contribution in [2.75, 3.05) is 0 Å². The first-order chi connectivity index (χ1) is 17.9. The van der Waals surface area contributed by atoms with E-state index in [1.165, 1.54) is 0 Å². The minimum atomic E-state index is -0.709. The fraction of sp³-hybridized carbons (Fsp3) is 0.179. The number of rotatable bonds is 4. The van der Waals surface area contributed by atoms with Crippen LogP contribution in [0.5, 0.6) is 0 Å². The predicted molar refractivity (Wildman–Crippen MR) is 142 cm³/mol. The monoisotopic (exact) mass is 506 g/mol. The van der Waals surface area contributed by atoms with Gasteiger partial charge in [-0.25, -0.2) is 9.97 Å². The molecule has 182 valence electrons. The van der Waals surface area contributed by atoms with Gasteiger partial charge in [-0.05, 0) is 67.1 Å². The Morgan fingerprint density at radius 3 is 2.51 bits per heavy atom. The maximum absolute atomic E-state index is 10.2. The molecule has 0 atom stereocenters. The lowest BCUT2D eigenvalue weighted by molar-refractivity contribution is -0.499. The summed E-state index contributed by atoms with van der Waals surface area (Å²) in [5.41, 5.74) is 10.0. The van der Waals surface area contributed by atoms with Crippen LogP contribution in [0.25, 0.3) is 44.3 Å². The second-order valence-electron chi connectivity index (χ2n) is 10.0. The molecule has 0 bridgehead atoms. The van der Waals surface area contributed by atoms with Crippen LogP contribution >= 0.6 is 11.3 Å². The highest BCUT2D eigenvalue weighted by Crippen LogP contribution is 2.46. The van der Waals surface area contributed by atoms with E-state index in [1.807, 2.05) is 64.8 Å². The quantitative estimate of drug-likeness (QED) is 0.350. The first kappa shape index (κ1) is 22.2. The van der Waals surface area contributed by atoms with Crippen molar-refractivity contribution in [1.82, 2.24) is 24.7 Å². The van der Waals surface area contributed by atoms with Gasteiger partial charge in [-0.15, -0.1) is 11.3 Å². The standard InChI is InChI=1S/C28H24N7OS/c1-27(36)16-28(29,17-27)19-5-7-20(8-6-19)35-26-21-14-18(23-4-2-13-37-23)15-32-22(21)9-12-34(26)25(33-35)24-30-10-3-11-31-24/h2-15,36H,16-17,29H2,1H3/q+1. The highest BCUT2D eigenvalue weighted by Gasteiger charge is 2.49. The Morgan fingerprint density at radius 2 is 1.81 bits per heavy atom. The molecular weight excluding hydrogens is 482 g/mol. The van der Waals surface area contributed by atoms with Gasteiger partial charge in [0.1, 0.15) is 5.69 Å². The lowest BCUT2D eigenvalue weighted by Gasteiger charge is -2.49. The SMILES string of the molecule is CC1(O)CC(N)(c2ccc(-n3nc(-c4ncccn4)[n+]4ccc5ncc(-c6cccs6)cc5c34)cc2)C1. The molecule has 5 heterocycles. The van der Waals surface area contributed by atoms with Gasteiger partial charge >= 0.3 is 5.82 Å². The number of fused-ring (bicyclic) bond motifs is 3. The number of aromatic nitrogens is 6. The molecule has 37 heavy (non-hydrogen) atoms. The lowest BCUT2D eigenvalue weighted by atomic mass is 9.63. The number of hydrogen-bond acceptors (Lipinski definition) is 7. The molecule has 1 fully saturated rings. The topological polar surface area (TPSA) is 107 Å². The van der Waals surface area contributed by atoms with Crippen LogP contribution in [-0.2, 0) is 5.54 Å². The summed E-state index contributed by atoms with van der Waals surface area (Å²) in [6.07, 6.45) is 8.39. The van der Waals surface area contributed by atoms with E-state index < -0.39 is 11.1 Å². The van der Waals surface area contributed by atoms with Crippen molar-refractivity contribution >= 4 is 27.9 Å². The van der Waals surface area contributed by atoms with Crippen molar-refractivity contribution in [3.63, 3.8) is 0 Å². The van der Waals surface area contributed by atoms with E-state index in [-0.39, 0.29) is 0 Å². The van der Waals surface area contributed by atoms with Crippen LogP contribution in [0.3, 0.4) is 0 Å². The first-order valence-corrected chi connectivity index (χ1v) is 12.9. The fourth-order valence-corrected chi connectivity index (χ4v) is 6.19. The largest absolute Gasteiger partial charge is 0.390 e. The molecule has 0 aliphatic heterocycles. The van der Waals surface area contributed by atoms with Gasteiger partial charge in [-0.2, -0.15) is 4.40 Å². The fourth-order valence-electron chi connectivity index (χ4n) is 5.48. The molecule has 1 aromatic carbocycles. The van der Waals surface area contributed by atoms with Gasteiger partial charge in [-0.1, -0.05) is 22.9 Å². The predicted octanol–water partition coefficient (Wildman–Crippen LogP) is 4.04. The minimum absolute atomic E-state index is 0.516. The van der Waals surface area contributed by atoms with Crippen molar-refractivity contribution in [2.24, 2.45) is 5.73 Å². The van der Waals surface area contributed by atoms with Crippen LogP contribution < -0.4 is 10.1 Å². The Hall–Kier alpha value is -4.05. The van der Waals surface area contributed by atoms with Crippen LogP contribution in [-0.4, -0.2) is 35.4 Å². The number of aliphatic hydroxyl groups is 1. The number of nitrogens with zero attached hydrogens (tertiary/aromatic N) is 6. The Morgan fingerprint density at radius 1 is 1.03 bits per heavy atom. The average Bonchev–Trinajstić information content (AvgIpc) is 3.57. The second-order valence-corrected chi connectivity index (χ2v) is 11.0. The normalized spacial score (nSPS) is 21.4. The Labute approximate surface area is 216 Å². The summed E-state index contributed by atoms with van der Waals surface area (Å²) in [7, 11) is 0. The van der Waals surface area contributed by atoms with E-state index in [9.17, 15) is 5.11 Å². The van der Waals surface area contributed by atoms with Crippen LogP contribution in [0.4, 0.5) is 0 Å². The number of nitrogens with two attached hydrogens (primary N) is 1. The smallest absolute Gasteiger partial charge is 0.351 e. The molecular formula is C28H24N7OS+. The first-order valence-electron chi connectivity index (χ1n) is 12.1. The third-order valence-corrected chi connectivity index (χ3v) is 7.96. The van der Waals surface area contributed by atoms with Gasteiger partial charge < -0.3 is 10.8 Å². The molecule has 0 spiro atoms. The molecule has 1 saturated carbocycles. The minimum Gasteiger partial charge on any atom is -0.390 e. The summed E-state index contributed by atoms with van der Waals surface area (Å²) in [6, 6.07) is 18.2. The Kier molecular flexibility index (Phi) is 4.78. The third kappa shape index (κ3) is 3.62.